The topological polar surface area (TPSA) is 87.8 Å². The SMILES string of the molecule is CNC1=Nc2ccc(Cl)cc2C(c2ccccc2)=[N+]([O-])C1.O=CO. The van der Waals surface area contributed by atoms with Crippen LogP contribution in [0.25, 0.3) is 0 Å². The lowest BCUT2D eigenvalue weighted by Gasteiger charge is -2.10. The summed E-state index contributed by atoms with van der Waals surface area (Å²) in [6.45, 7) is -0.0764. The van der Waals surface area contributed by atoms with Crippen LogP contribution >= 0.6 is 11.6 Å². The number of carboxylic acid groups (broad SMARTS) is 1. The highest BCUT2D eigenvalue weighted by Crippen LogP contribution is 2.27. The smallest absolute Gasteiger partial charge is 0.290 e. The molecule has 0 amide bonds. The molecule has 0 fully saturated rings. The molecule has 2 N–H and O–H groups in total. The van der Waals surface area contributed by atoms with Crippen LogP contribution in [-0.2, 0) is 4.79 Å². The third-order valence-electron chi connectivity index (χ3n) is 3.35. The summed E-state index contributed by atoms with van der Waals surface area (Å²) in [7, 11) is 1.76. The predicted octanol–water partition coefficient (Wildman–Crippen LogP) is 2.65. The van der Waals surface area contributed by atoms with Crippen molar-refractivity contribution >= 4 is 35.3 Å². The summed E-state index contributed by atoms with van der Waals surface area (Å²) >= 11 is 6.10. The maximum Gasteiger partial charge on any atom is 0.290 e. The maximum atomic E-state index is 12.6. The average Bonchev–Trinajstić information content (AvgIpc) is 2.71. The van der Waals surface area contributed by atoms with E-state index in [0.717, 1.165) is 21.6 Å². The summed E-state index contributed by atoms with van der Waals surface area (Å²) in [5.41, 5.74) is 2.92. The van der Waals surface area contributed by atoms with Crippen molar-refractivity contribution in [3.63, 3.8) is 0 Å². The summed E-state index contributed by atoms with van der Waals surface area (Å²) in [6, 6.07) is 15.0. The fraction of sp³-hybridized carbons (Fsp3) is 0.118. The van der Waals surface area contributed by atoms with Crippen molar-refractivity contribution in [1.29, 1.82) is 0 Å². The Balaban J connectivity index is 0.000000647. The summed E-state index contributed by atoms with van der Waals surface area (Å²) in [4.78, 5) is 12.9. The molecule has 2 aromatic rings. The van der Waals surface area contributed by atoms with Gasteiger partial charge in [0.1, 0.15) is 0 Å². The summed E-state index contributed by atoms with van der Waals surface area (Å²) in [5.74, 6) is 0.625. The minimum atomic E-state index is -0.250. The molecule has 1 heterocycles. The van der Waals surface area contributed by atoms with Crippen molar-refractivity contribution in [2.24, 2.45) is 4.99 Å². The van der Waals surface area contributed by atoms with Crippen LogP contribution in [0.5, 0.6) is 0 Å². The second kappa shape index (κ2) is 8.12. The number of amidine groups is 1. The van der Waals surface area contributed by atoms with Crippen molar-refractivity contribution in [3.8, 4) is 0 Å². The number of carbonyl (C=O) groups is 1. The molecule has 1 aliphatic rings. The van der Waals surface area contributed by atoms with Crippen molar-refractivity contribution < 1.29 is 14.6 Å². The van der Waals surface area contributed by atoms with Gasteiger partial charge in [-0.1, -0.05) is 29.8 Å². The molecule has 3 rings (SSSR count). The Labute approximate surface area is 144 Å². The Hall–Kier alpha value is -2.86. The van der Waals surface area contributed by atoms with Crippen LogP contribution in [0.3, 0.4) is 0 Å². The van der Waals surface area contributed by atoms with E-state index in [1.807, 2.05) is 36.4 Å². The first-order valence-electron chi connectivity index (χ1n) is 7.10. The van der Waals surface area contributed by atoms with Crippen LogP contribution in [0.2, 0.25) is 5.02 Å². The molecule has 0 spiro atoms. The number of fused-ring (bicyclic) bond motifs is 1. The molecule has 124 valence electrons. The van der Waals surface area contributed by atoms with Crippen molar-refractivity contribution in [1.82, 2.24) is 5.32 Å². The lowest BCUT2D eigenvalue weighted by molar-refractivity contribution is -0.439. The number of hydrogen-bond donors (Lipinski definition) is 2. The maximum absolute atomic E-state index is 12.6. The van der Waals surface area contributed by atoms with E-state index >= 15 is 0 Å². The van der Waals surface area contributed by atoms with Crippen LogP contribution < -0.4 is 5.32 Å². The van der Waals surface area contributed by atoms with Gasteiger partial charge in [0.2, 0.25) is 12.3 Å². The largest absolute Gasteiger partial charge is 0.623 e. The first-order chi connectivity index (χ1) is 11.6. The van der Waals surface area contributed by atoms with E-state index in [0.29, 0.717) is 16.6 Å². The number of hydrogen-bond acceptors (Lipinski definition) is 4. The molecule has 2 aromatic carbocycles. The zero-order chi connectivity index (χ0) is 17.5. The van der Waals surface area contributed by atoms with Crippen molar-refractivity contribution in [3.05, 3.63) is 69.9 Å². The molecular weight excluding hydrogens is 330 g/mol. The first-order valence-corrected chi connectivity index (χ1v) is 7.48. The highest BCUT2D eigenvalue weighted by atomic mass is 35.5. The molecule has 0 unspecified atom stereocenters. The molecule has 0 saturated carbocycles. The Bertz CT molecular complexity index is 789. The number of nitrogens with one attached hydrogen (secondary N) is 1. The van der Waals surface area contributed by atoms with Crippen LogP contribution in [0.15, 0.2) is 53.5 Å². The van der Waals surface area contributed by atoms with E-state index in [1.165, 1.54) is 0 Å². The molecule has 0 atom stereocenters. The fourth-order valence-electron chi connectivity index (χ4n) is 2.36. The summed E-state index contributed by atoms with van der Waals surface area (Å²) in [5, 5.41) is 23.0. The molecule has 0 bridgehead atoms. The van der Waals surface area contributed by atoms with Gasteiger partial charge in [-0.15, -0.1) is 0 Å². The predicted molar refractivity (Wildman–Crippen MR) is 94.4 cm³/mol. The Morgan fingerprint density at radius 2 is 1.96 bits per heavy atom. The van der Waals surface area contributed by atoms with Gasteiger partial charge in [0.15, 0.2) is 5.84 Å². The first kappa shape index (κ1) is 17.5. The third-order valence-corrected chi connectivity index (χ3v) is 3.58. The Morgan fingerprint density at radius 1 is 1.29 bits per heavy atom. The molecule has 7 heteroatoms. The average molecular weight is 346 g/mol. The normalized spacial score (nSPS) is 13.0. The van der Waals surface area contributed by atoms with E-state index in [-0.39, 0.29) is 13.0 Å². The van der Waals surface area contributed by atoms with Gasteiger partial charge in [0, 0.05) is 17.6 Å². The molecular formula is C17H16ClN3O3. The van der Waals surface area contributed by atoms with Crippen LogP contribution in [0.1, 0.15) is 11.1 Å². The summed E-state index contributed by atoms with van der Waals surface area (Å²) < 4.78 is 0.951. The number of nitrogens with zero attached hydrogens (tertiary/aromatic N) is 2. The second-order valence-corrected chi connectivity index (χ2v) is 5.26. The van der Waals surface area contributed by atoms with Gasteiger partial charge in [-0.05, 0) is 30.3 Å². The van der Waals surface area contributed by atoms with E-state index in [1.54, 1.807) is 19.2 Å². The molecule has 0 saturated heterocycles. The monoisotopic (exact) mass is 345 g/mol. The molecule has 0 aliphatic carbocycles. The van der Waals surface area contributed by atoms with Crippen LogP contribution in [-0.4, -0.2) is 41.5 Å². The van der Waals surface area contributed by atoms with Gasteiger partial charge in [-0.25, -0.2) is 4.99 Å². The Morgan fingerprint density at radius 3 is 2.58 bits per heavy atom. The molecule has 0 aromatic heterocycles. The molecule has 24 heavy (non-hydrogen) atoms. The fourth-order valence-corrected chi connectivity index (χ4v) is 2.53. The summed E-state index contributed by atoms with van der Waals surface area (Å²) in [6.07, 6.45) is 0. The van der Waals surface area contributed by atoms with Gasteiger partial charge < -0.3 is 15.6 Å². The molecule has 1 aliphatic heterocycles. The Kier molecular flexibility index (Phi) is 5.92. The quantitative estimate of drug-likeness (QED) is 0.472. The minimum Gasteiger partial charge on any atom is -0.623 e. The third kappa shape index (κ3) is 3.91. The lowest BCUT2D eigenvalue weighted by atomic mass is 10.0. The highest BCUT2D eigenvalue weighted by Gasteiger charge is 2.24. The van der Waals surface area contributed by atoms with Gasteiger partial charge in [-0.2, -0.15) is 4.74 Å². The van der Waals surface area contributed by atoms with E-state index < -0.39 is 0 Å². The highest BCUT2D eigenvalue weighted by molar-refractivity contribution is 6.31. The van der Waals surface area contributed by atoms with E-state index in [9.17, 15) is 5.21 Å². The number of hydroxylamine groups is 1. The lowest BCUT2D eigenvalue weighted by Crippen LogP contribution is -2.29. The van der Waals surface area contributed by atoms with Crippen LogP contribution in [0.4, 0.5) is 5.69 Å². The van der Waals surface area contributed by atoms with Gasteiger partial charge >= 0.3 is 0 Å². The number of aliphatic imine (C=N–C) groups is 1. The van der Waals surface area contributed by atoms with Gasteiger partial charge in [0.05, 0.1) is 11.3 Å². The number of likely N-dealkylation sites (N-methyl/N-ethyl adjacent to an activating group) is 1. The molecule has 0 radical (unpaired) electrons. The number of benzene rings is 2. The van der Waals surface area contributed by atoms with Gasteiger partial charge in [-0.3, -0.25) is 4.79 Å². The van der Waals surface area contributed by atoms with Crippen molar-refractivity contribution in [2.75, 3.05) is 13.6 Å². The van der Waals surface area contributed by atoms with E-state index in [2.05, 4.69) is 10.3 Å². The molecule has 6 nitrogen and oxygen atoms in total. The van der Waals surface area contributed by atoms with Crippen molar-refractivity contribution in [2.45, 2.75) is 0 Å². The standard InChI is InChI=1S/C16H14ClN3O.CH2O2/c1-18-15-10-20(21)16(11-5-3-2-4-6-11)13-9-12(17)7-8-14(13)19-15;2-1-3/h2-9H,10H2,1H3,(H,18,19);1H,(H,2,3). The van der Waals surface area contributed by atoms with E-state index in [4.69, 9.17) is 21.5 Å². The minimum absolute atomic E-state index is 0.174. The van der Waals surface area contributed by atoms with Crippen LogP contribution in [0, 0.1) is 5.21 Å². The zero-order valence-corrected chi connectivity index (χ0v) is 13.7. The second-order valence-electron chi connectivity index (χ2n) is 4.83. The zero-order valence-electron chi connectivity index (χ0n) is 12.9. The number of rotatable bonds is 1. The number of halogens is 1. The van der Waals surface area contributed by atoms with Gasteiger partial charge in [0.25, 0.3) is 6.47 Å².